The number of ether oxygens (including phenoxy) is 2. The number of hydrogen-bond donors (Lipinski definition) is 1. The summed E-state index contributed by atoms with van der Waals surface area (Å²) in [7, 11) is 1.54. The first-order valence-corrected chi connectivity index (χ1v) is 10.8. The normalized spacial score (nSPS) is 11.6. The summed E-state index contributed by atoms with van der Waals surface area (Å²) in [6, 6.07) is 22.7. The van der Waals surface area contributed by atoms with E-state index in [0.29, 0.717) is 23.6 Å². The number of anilines is 2. The summed E-state index contributed by atoms with van der Waals surface area (Å²) >= 11 is -1.22. The predicted molar refractivity (Wildman–Crippen MR) is 117 cm³/mol. The highest BCUT2D eigenvalue weighted by atomic mass is 32.2. The number of rotatable bonds is 9. The second-order valence-electron chi connectivity index (χ2n) is 6.48. The second-order valence-corrected chi connectivity index (χ2v) is 7.91. The molecule has 0 aliphatic rings. The van der Waals surface area contributed by atoms with Gasteiger partial charge in [0.25, 0.3) is 0 Å². The van der Waals surface area contributed by atoms with E-state index in [1.807, 2.05) is 54.6 Å². The van der Waals surface area contributed by atoms with Crippen LogP contribution in [-0.2, 0) is 17.8 Å². The molecule has 0 aromatic heterocycles. The fourth-order valence-corrected chi connectivity index (χ4v) is 3.31. The molecule has 1 N–H and O–H groups in total. The fraction of sp³-hybridized carbons (Fsp3) is 0.174. The number of hydrogen-bond acceptors (Lipinski definition) is 5. The lowest BCUT2D eigenvalue weighted by molar-refractivity contribution is 0.102. The van der Waals surface area contributed by atoms with Crippen LogP contribution in [0.15, 0.2) is 72.8 Å². The molecule has 0 fully saturated rings. The lowest BCUT2D eigenvalue weighted by Gasteiger charge is -2.14. The van der Waals surface area contributed by atoms with Crippen LogP contribution in [-0.4, -0.2) is 29.5 Å². The number of Topliss-reactive ketones (excluding diaryl/α,β-unsaturated/α-hetero) is 1. The summed E-state index contributed by atoms with van der Waals surface area (Å²) in [6.07, 6.45) is 1.51. The van der Waals surface area contributed by atoms with Gasteiger partial charge in [-0.3, -0.25) is 4.79 Å². The van der Waals surface area contributed by atoms with Gasteiger partial charge < -0.3 is 19.3 Å². The number of carbonyl (C=O) groups is 1. The van der Waals surface area contributed by atoms with E-state index in [4.69, 9.17) is 9.47 Å². The third kappa shape index (κ3) is 6.01. The maximum atomic E-state index is 12.5. The van der Waals surface area contributed by atoms with Gasteiger partial charge in [-0.25, -0.2) is 0 Å². The SMILES string of the molecule is COc1ccc(Nc2ccc(OCc3ccccc3)cc2)c(C(=O)C[S+](C)[O-])c1. The van der Waals surface area contributed by atoms with Crippen molar-refractivity contribution in [2.75, 3.05) is 24.4 Å². The molecule has 0 radical (unpaired) electrons. The number of nitrogens with one attached hydrogen (secondary N) is 1. The minimum atomic E-state index is -1.22. The lowest BCUT2D eigenvalue weighted by Crippen LogP contribution is -2.16. The molecule has 0 spiro atoms. The fourth-order valence-electron chi connectivity index (χ4n) is 2.78. The van der Waals surface area contributed by atoms with E-state index in [-0.39, 0.29) is 11.5 Å². The Kier molecular flexibility index (Phi) is 7.16. The van der Waals surface area contributed by atoms with Crippen LogP contribution in [0.5, 0.6) is 11.5 Å². The van der Waals surface area contributed by atoms with Gasteiger partial charge in [0.05, 0.1) is 13.4 Å². The second kappa shape index (κ2) is 10.0. The Balaban J connectivity index is 1.71. The molecule has 3 aromatic rings. The van der Waals surface area contributed by atoms with Gasteiger partial charge in [-0.15, -0.1) is 0 Å². The maximum absolute atomic E-state index is 12.5. The van der Waals surface area contributed by atoms with Crippen LogP contribution in [0, 0.1) is 0 Å². The van der Waals surface area contributed by atoms with E-state index < -0.39 is 11.2 Å². The number of benzene rings is 3. The number of carbonyl (C=O) groups excluding carboxylic acids is 1. The number of ketones is 1. The zero-order chi connectivity index (χ0) is 20.6. The van der Waals surface area contributed by atoms with Gasteiger partial charge in [0.15, 0.2) is 5.75 Å². The van der Waals surface area contributed by atoms with Crippen LogP contribution in [0.2, 0.25) is 0 Å². The van der Waals surface area contributed by atoms with E-state index >= 15 is 0 Å². The summed E-state index contributed by atoms with van der Waals surface area (Å²) in [5, 5.41) is 3.25. The standard InChI is InChI=1S/C23H23NO4S/c1-27-20-12-13-22(21(14-20)23(25)16-29(2)26)24-18-8-10-19(11-9-18)28-15-17-6-4-3-5-7-17/h3-14,24H,15-16H2,1-2H3. The van der Waals surface area contributed by atoms with Crippen molar-refractivity contribution >= 4 is 28.3 Å². The Morgan fingerprint density at radius 1 is 1.00 bits per heavy atom. The summed E-state index contributed by atoms with van der Waals surface area (Å²) in [6.45, 7) is 0.499. The molecule has 0 aliphatic heterocycles. The predicted octanol–water partition coefficient (Wildman–Crippen LogP) is 4.58. The van der Waals surface area contributed by atoms with Gasteiger partial charge in [-0.05, 0) is 59.2 Å². The minimum Gasteiger partial charge on any atom is -0.616 e. The van der Waals surface area contributed by atoms with Gasteiger partial charge >= 0.3 is 0 Å². The average molecular weight is 410 g/mol. The molecule has 6 heteroatoms. The van der Waals surface area contributed by atoms with E-state index in [1.54, 1.807) is 25.3 Å². The first-order valence-electron chi connectivity index (χ1n) is 9.10. The van der Waals surface area contributed by atoms with E-state index in [0.717, 1.165) is 17.0 Å². The smallest absolute Gasteiger partial charge is 0.214 e. The van der Waals surface area contributed by atoms with Crippen molar-refractivity contribution in [3.8, 4) is 11.5 Å². The minimum absolute atomic E-state index is 0.0336. The van der Waals surface area contributed by atoms with E-state index in [2.05, 4.69) is 5.32 Å². The monoisotopic (exact) mass is 409 g/mol. The largest absolute Gasteiger partial charge is 0.616 e. The first kappa shape index (κ1) is 20.8. The van der Waals surface area contributed by atoms with Crippen molar-refractivity contribution in [3.63, 3.8) is 0 Å². The molecular formula is C23H23NO4S. The van der Waals surface area contributed by atoms with Gasteiger partial charge in [-0.2, -0.15) is 0 Å². The highest BCUT2D eigenvalue weighted by Crippen LogP contribution is 2.27. The Labute approximate surface area is 173 Å². The van der Waals surface area contributed by atoms with Gasteiger partial charge in [0.2, 0.25) is 5.78 Å². The quantitative estimate of drug-likeness (QED) is 0.414. The molecule has 0 heterocycles. The van der Waals surface area contributed by atoms with Gasteiger partial charge in [-0.1, -0.05) is 30.3 Å². The Morgan fingerprint density at radius 2 is 1.69 bits per heavy atom. The zero-order valence-corrected chi connectivity index (χ0v) is 17.2. The third-order valence-corrected chi connectivity index (χ3v) is 4.91. The molecule has 0 saturated carbocycles. The maximum Gasteiger partial charge on any atom is 0.214 e. The van der Waals surface area contributed by atoms with Crippen LogP contribution < -0.4 is 14.8 Å². The van der Waals surface area contributed by atoms with E-state index in [9.17, 15) is 9.35 Å². The first-order chi connectivity index (χ1) is 14.0. The van der Waals surface area contributed by atoms with E-state index in [1.165, 1.54) is 6.26 Å². The molecule has 1 unspecified atom stereocenters. The topological polar surface area (TPSA) is 70.6 Å². The third-order valence-electron chi connectivity index (χ3n) is 4.24. The highest BCUT2D eigenvalue weighted by Gasteiger charge is 2.17. The van der Waals surface area contributed by atoms with Crippen LogP contribution >= 0.6 is 0 Å². The zero-order valence-electron chi connectivity index (χ0n) is 16.4. The van der Waals surface area contributed by atoms with Gasteiger partial charge in [0.1, 0.15) is 18.1 Å². The van der Waals surface area contributed by atoms with Gasteiger partial charge in [0, 0.05) is 16.9 Å². The molecule has 0 bridgehead atoms. The molecule has 29 heavy (non-hydrogen) atoms. The van der Waals surface area contributed by atoms with Crippen LogP contribution in [0.1, 0.15) is 15.9 Å². The number of methoxy groups -OCH3 is 1. The molecule has 3 rings (SSSR count). The summed E-state index contributed by atoms with van der Waals surface area (Å²) in [5.41, 5.74) is 3.00. The van der Waals surface area contributed by atoms with Crippen molar-refractivity contribution in [2.45, 2.75) is 6.61 Å². The molecule has 1 atom stereocenters. The van der Waals surface area contributed by atoms with Crippen LogP contribution in [0.25, 0.3) is 0 Å². The summed E-state index contributed by atoms with van der Waals surface area (Å²) in [5.74, 6) is 1.10. The Bertz CT molecular complexity index is 943. The van der Waals surface area contributed by atoms with Crippen LogP contribution in [0.3, 0.4) is 0 Å². The Morgan fingerprint density at radius 3 is 2.34 bits per heavy atom. The molecule has 0 saturated heterocycles. The molecule has 0 amide bonds. The summed E-state index contributed by atoms with van der Waals surface area (Å²) < 4.78 is 22.5. The Hall–Kier alpha value is -2.96. The van der Waals surface area contributed by atoms with Crippen LogP contribution in [0.4, 0.5) is 11.4 Å². The van der Waals surface area contributed by atoms with Crippen molar-refractivity contribution in [2.24, 2.45) is 0 Å². The van der Waals surface area contributed by atoms with Crippen molar-refractivity contribution in [3.05, 3.63) is 83.9 Å². The lowest BCUT2D eigenvalue weighted by atomic mass is 10.1. The highest BCUT2D eigenvalue weighted by molar-refractivity contribution is 7.91. The molecule has 0 aliphatic carbocycles. The van der Waals surface area contributed by atoms with Crippen molar-refractivity contribution in [1.29, 1.82) is 0 Å². The van der Waals surface area contributed by atoms with Crippen molar-refractivity contribution in [1.82, 2.24) is 0 Å². The molecular weight excluding hydrogens is 386 g/mol. The average Bonchev–Trinajstić information content (AvgIpc) is 2.73. The summed E-state index contributed by atoms with van der Waals surface area (Å²) in [4.78, 5) is 12.5. The molecule has 3 aromatic carbocycles. The van der Waals surface area contributed by atoms with Crippen molar-refractivity contribution < 1.29 is 18.8 Å². The molecule has 5 nitrogen and oxygen atoms in total. The molecule has 150 valence electrons.